The van der Waals surface area contributed by atoms with E-state index in [4.69, 9.17) is 10.00 Å². The summed E-state index contributed by atoms with van der Waals surface area (Å²) in [6.45, 7) is 2.31. The van der Waals surface area contributed by atoms with Crippen molar-refractivity contribution in [3.05, 3.63) is 0 Å². The zero-order chi connectivity index (χ0) is 9.52. The zero-order valence-corrected chi connectivity index (χ0v) is 7.38. The van der Waals surface area contributed by atoms with Crippen molar-refractivity contribution in [3.8, 4) is 6.07 Å². The second-order valence-corrected chi connectivity index (χ2v) is 2.76. The van der Waals surface area contributed by atoms with Gasteiger partial charge in [0.2, 0.25) is 5.91 Å². The van der Waals surface area contributed by atoms with E-state index in [1.165, 1.54) is 0 Å². The number of ether oxygens (including phenoxy) is 1. The molecule has 1 atom stereocenters. The number of carbonyl (C=O) groups excluding carboxylic acids is 1. The predicted octanol–water partition coefficient (Wildman–Crippen LogP) is -0.995. The van der Waals surface area contributed by atoms with Gasteiger partial charge in [0.25, 0.3) is 0 Å². The van der Waals surface area contributed by atoms with Crippen LogP contribution < -0.4 is 10.6 Å². The van der Waals surface area contributed by atoms with Gasteiger partial charge in [-0.25, -0.2) is 0 Å². The van der Waals surface area contributed by atoms with Crippen LogP contribution in [-0.4, -0.2) is 38.3 Å². The first-order valence-electron chi connectivity index (χ1n) is 4.31. The Labute approximate surface area is 77.1 Å². The lowest BCUT2D eigenvalue weighted by Gasteiger charge is -2.22. The van der Waals surface area contributed by atoms with Crippen LogP contribution >= 0.6 is 0 Å². The molecule has 1 amide bonds. The van der Waals surface area contributed by atoms with Crippen molar-refractivity contribution in [2.75, 3.05) is 26.2 Å². The maximum Gasteiger partial charge on any atom is 0.250 e. The first-order chi connectivity index (χ1) is 6.34. The van der Waals surface area contributed by atoms with Gasteiger partial charge in [-0.05, 0) is 0 Å². The van der Waals surface area contributed by atoms with Gasteiger partial charge in [-0.1, -0.05) is 0 Å². The molecule has 0 bridgehead atoms. The molecule has 1 heterocycles. The van der Waals surface area contributed by atoms with Crippen molar-refractivity contribution in [1.29, 1.82) is 5.26 Å². The number of hydrogen-bond donors (Lipinski definition) is 2. The Bertz CT molecular complexity index is 206. The van der Waals surface area contributed by atoms with Gasteiger partial charge in [0.1, 0.15) is 6.10 Å². The van der Waals surface area contributed by atoms with Crippen molar-refractivity contribution < 1.29 is 9.53 Å². The van der Waals surface area contributed by atoms with Crippen LogP contribution in [0.2, 0.25) is 0 Å². The molecule has 1 aliphatic heterocycles. The molecular weight excluding hydrogens is 170 g/mol. The molecule has 1 aliphatic rings. The van der Waals surface area contributed by atoms with Crippen LogP contribution in [0.5, 0.6) is 0 Å². The molecule has 0 aromatic heterocycles. The van der Waals surface area contributed by atoms with Gasteiger partial charge < -0.3 is 15.4 Å². The van der Waals surface area contributed by atoms with Gasteiger partial charge in [0.15, 0.2) is 0 Å². The summed E-state index contributed by atoms with van der Waals surface area (Å²) in [6, 6.07) is 1.95. The summed E-state index contributed by atoms with van der Waals surface area (Å²) in [5.41, 5.74) is 0. The fourth-order valence-electron chi connectivity index (χ4n) is 1.09. The molecule has 13 heavy (non-hydrogen) atoms. The Morgan fingerprint density at radius 1 is 1.77 bits per heavy atom. The van der Waals surface area contributed by atoms with Gasteiger partial charge in [-0.3, -0.25) is 4.79 Å². The molecule has 0 aromatic rings. The van der Waals surface area contributed by atoms with E-state index in [1.54, 1.807) is 0 Å². The van der Waals surface area contributed by atoms with E-state index in [1.807, 2.05) is 6.07 Å². The van der Waals surface area contributed by atoms with Crippen LogP contribution in [0.25, 0.3) is 0 Å². The highest BCUT2D eigenvalue weighted by atomic mass is 16.5. The molecule has 2 N–H and O–H groups in total. The third-order valence-corrected chi connectivity index (χ3v) is 1.76. The number of nitrogens with one attached hydrogen (secondary N) is 2. The zero-order valence-electron chi connectivity index (χ0n) is 7.38. The first-order valence-corrected chi connectivity index (χ1v) is 4.31. The lowest BCUT2D eigenvalue weighted by molar-refractivity contribution is -0.134. The molecule has 0 saturated carbocycles. The number of rotatable bonds is 3. The van der Waals surface area contributed by atoms with Crippen LogP contribution in [-0.2, 0) is 9.53 Å². The fraction of sp³-hybridized carbons (Fsp3) is 0.750. The Balaban J connectivity index is 2.18. The standard InChI is InChI=1S/C8H13N3O2/c9-2-1-3-11-8(12)7-6-10-4-5-13-7/h7,10H,1,3-6H2,(H,11,12). The average Bonchev–Trinajstić information content (AvgIpc) is 2.19. The van der Waals surface area contributed by atoms with Crippen molar-refractivity contribution >= 4 is 5.91 Å². The van der Waals surface area contributed by atoms with Crippen molar-refractivity contribution in [3.63, 3.8) is 0 Å². The number of carbonyl (C=O) groups is 1. The van der Waals surface area contributed by atoms with E-state index in [-0.39, 0.29) is 5.91 Å². The van der Waals surface area contributed by atoms with Crippen LogP contribution in [0.1, 0.15) is 6.42 Å². The van der Waals surface area contributed by atoms with Crippen molar-refractivity contribution in [2.24, 2.45) is 0 Å². The van der Waals surface area contributed by atoms with Crippen LogP contribution in [0.4, 0.5) is 0 Å². The highest BCUT2D eigenvalue weighted by molar-refractivity contribution is 5.81. The molecule has 1 saturated heterocycles. The topological polar surface area (TPSA) is 74.2 Å². The summed E-state index contributed by atoms with van der Waals surface area (Å²) in [4.78, 5) is 11.3. The Hall–Kier alpha value is -1.12. The first kappa shape index (κ1) is 9.96. The monoisotopic (exact) mass is 183 g/mol. The van der Waals surface area contributed by atoms with E-state index in [2.05, 4.69) is 10.6 Å². The minimum atomic E-state index is -0.396. The Kier molecular flexibility index (Phi) is 4.23. The van der Waals surface area contributed by atoms with Gasteiger partial charge >= 0.3 is 0 Å². The number of morpholine rings is 1. The normalized spacial score (nSPS) is 21.9. The van der Waals surface area contributed by atoms with Gasteiger partial charge in [-0.2, -0.15) is 5.26 Å². The largest absolute Gasteiger partial charge is 0.366 e. The highest BCUT2D eigenvalue weighted by Crippen LogP contribution is 1.95. The molecular formula is C8H13N3O2. The maximum absolute atomic E-state index is 11.3. The summed E-state index contributed by atoms with van der Waals surface area (Å²) < 4.78 is 5.21. The smallest absolute Gasteiger partial charge is 0.250 e. The lowest BCUT2D eigenvalue weighted by Crippen LogP contribution is -2.47. The number of nitriles is 1. The van der Waals surface area contributed by atoms with Crippen LogP contribution in [0.3, 0.4) is 0 Å². The molecule has 0 aliphatic carbocycles. The second kappa shape index (κ2) is 5.51. The minimum Gasteiger partial charge on any atom is -0.366 e. The summed E-state index contributed by atoms with van der Waals surface area (Å²) in [7, 11) is 0. The minimum absolute atomic E-state index is 0.137. The van der Waals surface area contributed by atoms with E-state index >= 15 is 0 Å². The number of nitrogens with zero attached hydrogens (tertiary/aromatic N) is 1. The van der Waals surface area contributed by atoms with Gasteiger partial charge in [0, 0.05) is 19.6 Å². The summed E-state index contributed by atoms with van der Waals surface area (Å²) in [5, 5.41) is 13.9. The SMILES string of the molecule is N#CCCNC(=O)C1CNCCO1. The molecule has 1 unspecified atom stereocenters. The average molecular weight is 183 g/mol. The molecule has 0 radical (unpaired) electrons. The van der Waals surface area contributed by atoms with E-state index in [9.17, 15) is 4.79 Å². The number of hydrogen-bond acceptors (Lipinski definition) is 4. The second-order valence-electron chi connectivity index (χ2n) is 2.76. The summed E-state index contributed by atoms with van der Waals surface area (Å²) in [6.07, 6.45) is -0.0567. The predicted molar refractivity (Wildman–Crippen MR) is 45.8 cm³/mol. The highest BCUT2D eigenvalue weighted by Gasteiger charge is 2.20. The van der Waals surface area contributed by atoms with E-state index in [0.717, 1.165) is 6.54 Å². The summed E-state index contributed by atoms with van der Waals surface area (Å²) in [5.74, 6) is -0.137. The van der Waals surface area contributed by atoms with E-state index < -0.39 is 6.10 Å². The maximum atomic E-state index is 11.3. The van der Waals surface area contributed by atoms with Gasteiger partial charge in [0.05, 0.1) is 19.1 Å². The number of amides is 1. The molecule has 1 fully saturated rings. The lowest BCUT2D eigenvalue weighted by atomic mass is 10.3. The Morgan fingerprint density at radius 3 is 3.23 bits per heavy atom. The summed E-state index contributed by atoms with van der Waals surface area (Å²) >= 11 is 0. The molecule has 72 valence electrons. The van der Waals surface area contributed by atoms with Gasteiger partial charge in [-0.15, -0.1) is 0 Å². The molecule has 1 rings (SSSR count). The van der Waals surface area contributed by atoms with Crippen LogP contribution in [0, 0.1) is 11.3 Å². The van der Waals surface area contributed by atoms with Crippen molar-refractivity contribution in [2.45, 2.75) is 12.5 Å². The third-order valence-electron chi connectivity index (χ3n) is 1.76. The fourth-order valence-corrected chi connectivity index (χ4v) is 1.09. The molecule has 5 nitrogen and oxygen atoms in total. The quantitative estimate of drug-likeness (QED) is 0.551. The Morgan fingerprint density at radius 2 is 2.62 bits per heavy atom. The van der Waals surface area contributed by atoms with Crippen molar-refractivity contribution in [1.82, 2.24) is 10.6 Å². The third kappa shape index (κ3) is 3.40. The molecule has 5 heteroatoms. The molecule has 0 aromatic carbocycles. The van der Waals surface area contributed by atoms with Crippen LogP contribution in [0.15, 0.2) is 0 Å². The molecule has 0 spiro atoms. The van der Waals surface area contributed by atoms with E-state index in [0.29, 0.717) is 26.1 Å².